The largest absolute Gasteiger partial charge is 0.293 e. The van der Waals surface area contributed by atoms with Gasteiger partial charge >= 0.3 is 0 Å². The van der Waals surface area contributed by atoms with Crippen molar-refractivity contribution < 1.29 is 9.59 Å². The molecule has 0 fully saturated rings. The summed E-state index contributed by atoms with van der Waals surface area (Å²) in [4.78, 5) is 22.6. The number of rotatable bonds is 2. The van der Waals surface area contributed by atoms with E-state index < -0.39 is 11.0 Å². The summed E-state index contributed by atoms with van der Waals surface area (Å²) in [6.07, 6.45) is 0. The Labute approximate surface area is 103 Å². The van der Waals surface area contributed by atoms with Gasteiger partial charge in [0.15, 0.2) is 0 Å². The molecule has 1 aliphatic carbocycles. The third-order valence-electron chi connectivity index (χ3n) is 2.97. The van der Waals surface area contributed by atoms with Crippen LogP contribution < -0.4 is 0 Å². The Balaban J connectivity index is 2.21. The van der Waals surface area contributed by atoms with Crippen LogP contribution in [0.2, 0.25) is 0 Å². The maximum absolute atomic E-state index is 11.7. The van der Waals surface area contributed by atoms with Crippen LogP contribution in [0.3, 0.4) is 0 Å². The van der Waals surface area contributed by atoms with Gasteiger partial charge in [-0.15, -0.1) is 0 Å². The molecule has 82 valence electrons. The average Bonchev–Trinajstić information content (AvgIpc) is 2.34. The number of carbonyl (C=O) groups is 2. The van der Waals surface area contributed by atoms with Gasteiger partial charge in [-0.2, -0.15) is 0 Å². The van der Waals surface area contributed by atoms with Crippen LogP contribution in [0.15, 0.2) is 42.5 Å². The Morgan fingerprint density at radius 3 is 2.18 bits per heavy atom. The lowest BCUT2D eigenvalue weighted by Crippen LogP contribution is -2.12. The lowest BCUT2D eigenvalue weighted by atomic mass is 9.77. The fourth-order valence-corrected chi connectivity index (χ4v) is 2.34. The van der Waals surface area contributed by atoms with Gasteiger partial charge in [0.25, 0.3) is 5.24 Å². The number of Topliss-reactive ketones (excluding diaryl/α,β-unsaturated/α-hetero) is 1. The van der Waals surface area contributed by atoms with E-state index in [-0.39, 0.29) is 0 Å². The van der Waals surface area contributed by atoms with E-state index in [0.717, 1.165) is 22.3 Å². The molecule has 3 heteroatoms. The van der Waals surface area contributed by atoms with Gasteiger partial charge in [-0.05, 0) is 28.3 Å². The lowest BCUT2D eigenvalue weighted by molar-refractivity contribution is -0.108. The zero-order valence-corrected chi connectivity index (χ0v) is 9.49. The Kier molecular flexibility index (Phi) is 2.13. The summed E-state index contributed by atoms with van der Waals surface area (Å²) in [6, 6.07) is 13.1. The number of ketones is 1. The number of hydrogen-bond acceptors (Lipinski definition) is 2. The molecule has 2 aromatic carbocycles. The summed E-state index contributed by atoms with van der Waals surface area (Å²) in [5, 5.41) is -0.942. The van der Waals surface area contributed by atoms with Crippen molar-refractivity contribution >= 4 is 22.6 Å². The number of carbonyl (C=O) groups excluding carboxylic acids is 2. The van der Waals surface area contributed by atoms with Gasteiger partial charge in [0.1, 0.15) is 0 Å². The normalized spacial score (nSPS) is 11.1. The van der Waals surface area contributed by atoms with Crippen molar-refractivity contribution in [3.8, 4) is 22.3 Å². The van der Waals surface area contributed by atoms with E-state index in [9.17, 15) is 9.59 Å². The lowest BCUT2D eigenvalue weighted by Gasteiger charge is -2.25. The van der Waals surface area contributed by atoms with E-state index in [2.05, 4.69) is 0 Å². The van der Waals surface area contributed by atoms with Crippen LogP contribution >= 0.6 is 11.6 Å². The van der Waals surface area contributed by atoms with E-state index in [1.807, 2.05) is 30.3 Å². The molecular weight excluding hydrogens is 236 g/mol. The Hall–Kier alpha value is -1.93. The molecule has 0 amide bonds. The van der Waals surface area contributed by atoms with Crippen molar-refractivity contribution in [2.45, 2.75) is 0 Å². The molecular formula is C14H7ClO2. The average molecular weight is 243 g/mol. The first-order valence-corrected chi connectivity index (χ1v) is 5.55. The molecule has 0 saturated carbocycles. The van der Waals surface area contributed by atoms with Crippen LogP contribution in [0.4, 0.5) is 0 Å². The van der Waals surface area contributed by atoms with Gasteiger partial charge in [0.2, 0.25) is 5.78 Å². The molecule has 0 aromatic heterocycles. The van der Waals surface area contributed by atoms with Crippen molar-refractivity contribution in [3.05, 3.63) is 48.0 Å². The van der Waals surface area contributed by atoms with Crippen molar-refractivity contribution in [3.63, 3.8) is 0 Å². The summed E-state index contributed by atoms with van der Waals surface area (Å²) in [6.45, 7) is 0. The minimum absolute atomic E-state index is 0.390. The molecule has 0 saturated heterocycles. The zero-order valence-electron chi connectivity index (χ0n) is 8.74. The molecule has 3 rings (SSSR count). The Bertz CT molecular complexity index is 659. The highest BCUT2D eigenvalue weighted by molar-refractivity contribution is 6.83. The van der Waals surface area contributed by atoms with E-state index in [1.54, 1.807) is 12.1 Å². The molecule has 1 aliphatic rings. The molecule has 0 N–H and O–H groups in total. The zero-order chi connectivity index (χ0) is 12.0. The smallest absolute Gasteiger partial charge is 0.284 e. The van der Waals surface area contributed by atoms with Crippen LogP contribution in [-0.2, 0) is 4.79 Å². The maximum Gasteiger partial charge on any atom is 0.293 e. The third kappa shape index (κ3) is 1.34. The Morgan fingerprint density at radius 2 is 1.47 bits per heavy atom. The number of halogens is 1. The fourth-order valence-electron chi connectivity index (χ4n) is 2.24. The van der Waals surface area contributed by atoms with Gasteiger partial charge in [0.05, 0.1) is 0 Å². The van der Waals surface area contributed by atoms with Gasteiger partial charge < -0.3 is 0 Å². The predicted molar refractivity (Wildman–Crippen MR) is 66.1 cm³/mol. The van der Waals surface area contributed by atoms with Gasteiger partial charge in [-0.3, -0.25) is 9.59 Å². The maximum atomic E-state index is 11.7. The first-order valence-electron chi connectivity index (χ1n) is 5.17. The summed E-state index contributed by atoms with van der Waals surface area (Å²) in [7, 11) is 0. The van der Waals surface area contributed by atoms with Gasteiger partial charge in [-0.25, -0.2) is 0 Å². The fraction of sp³-hybridized carbons (Fsp3) is 0. The van der Waals surface area contributed by atoms with E-state index in [1.165, 1.54) is 0 Å². The van der Waals surface area contributed by atoms with Crippen molar-refractivity contribution in [2.24, 2.45) is 0 Å². The van der Waals surface area contributed by atoms with Gasteiger partial charge in [-0.1, -0.05) is 42.5 Å². The molecule has 0 radical (unpaired) electrons. The molecule has 0 spiro atoms. The summed E-state index contributed by atoms with van der Waals surface area (Å²) >= 11 is 5.25. The van der Waals surface area contributed by atoms with Crippen molar-refractivity contribution in [2.75, 3.05) is 0 Å². The second-order valence-electron chi connectivity index (χ2n) is 3.88. The standard InChI is InChI=1S/C14H7ClO2/c15-14(17)13(16)11-7-3-6-10-8-4-1-2-5-9(8)12(10)11/h1-7H. The van der Waals surface area contributed by atoms with E-state index in [4.69, 9.17) is 11.6 Å². The molecule has 0 bridgehead atoms. The first-order chi connectivity index (χ1) is 8.20. The van der Waals surface area contributed by atoms with Crippen LogP contribution in [0.1, 0.15) is 10.4 Å². The molecule has 0 unspecified atom stereocenters. The van der Waals surface area contributed by atoms with Crippen LogP contribution in [0.5, 0.6) is 0 Å². The highest BCUT2D eigenvalue weighted by Crippen LogP contribution is 2.48. The second kappa shape index (κ2) is 3.54. The van der Waals surface area contributed by atoms with Crippen LogP contribution in [0.25, 0.3) is 22.3 Å². The molecule has 2 nitrogen and oxygen atoms in total. The summed E-state index contributed by atoms with van der Waals surface area (Å²) < 4.78 is 0. The summed E-state index contributed by atoms with van der Waals surface area (Å²) in [5.74, 6) is -0.641. The quantitative estimate of drug-likeness (QED) is 0.393. The number of hydrogen-bond donors (Lipinski definition) is 0. The topological polar surface area (TPSA) is 34.1 Å². The third-order valence-corrected chi connectivity index (χ3v) is 3.15. The van der Waals surface area contributed by atoms with E-state index in [0.29, 0.717) is 5.56 Å². The SMILES string of the molecule is O=C(Cl)C(=O)c1cccc2c1-c1ccccc1-2. The van der Waals surface area contributed by atoms with Crippen LogP contribution in [-0.4, -0.2) is 11.0 Å². The molecule has 0 atom stereocenters. The highest BCUT2D eigenvalue weighted by atomic mass is 35.5. The minimum atomic E-state index is -0.942. The number of benzene rings is 2. The van der Waals surface area contributed by atoms with Gasteiger partial charge in [0, 0.05) is 11.1 Å². The molecule has 2 aromatic rings. The number of fused-ring (bicyclic) bond motifs is 4. The molecule has 17 heavy (non-hydrogen) atoms. The first kappa shape index (κ1) is 10.2. The van der Waals surface area contributed by atoms with E-state index >= 15 is 0 Å². The highest BCUT2D eigenvalue weighted by Gasteiger charge is 2.28. The molecule has 0 heterocycles. The minimum Gasteiger partial charge on any atom is -0.284 e. The van der Waals surface area contributed by atoms with Crippen LogP contribution in [0, 0.1) is 0 Å². The second-order valence-corrected chi connectivity index (χ2v) is 4.22. The van der Waals surface area contributed by atoms with Crippen molar-refractivity contribution in [1.82, 2.24) is 0 Å². The Morgan fingerprint density at radius 1 is 0.824 bits per heavy atom. The monoisotopic (exact) mass is 242 g/mol. The van der Waals surface area contributed by atoms with Crippen molar-refractivity contribution in [1.29, 1.82) is 0 Å². The predicted octanol–water partition coefficient (Wildman–Crippen LogP) is 3.28. The summed E-state index contributed by atoms with van der Waals surface area (Å²) in [5.41, 5.74) is 4.34. The molecule has 0 aliphatic heterocycles.